The number of benzene rings is 1. The number of sulfone groups is 1. The fourth-order valence-electron chi connectivity index (χ4n) is 4.30. The number of nitrogens with zero attached hydrogens (tertiary/aromatic N) is 2. The number of amides is 1. The number of hydrogen-bond donors (Lipinski definition) is 0. The van der Waals surface area contributed by atoms with Crippen molar-refractivity contribution in [2.75, 3.05) is 37.7 Å². The van der Waals surface area contributed by atoms with Crippen molar-refractivity contribution in [2.24, 2.45) is 5.92 Å². The van der Waals surface area contributed by atoms with E-state index in [1.165, 1.54) is 12.8 Å². The van der Waals surface area contributed by atoms with Crippen molar-refractivity contribution in [1.82, 2.24) is 9.80 Å². The molecular formula is C20H28N2O4S. The van der Waals surface area contributed by atoms with Gasteiger partial charge in [0.2, 0.25) is 0 Å². The van der Waals surface area contributed by atoms with Gasteiger partial charge in [0.25, 0.3) is 5.91 Å². The lowest BCUT2D eigenvalue weighted by atomic mass is 10.0. The van der Waals surface area contributed by atoms with Crippen molar-refractivity contribution >= 4 is 15.7 Å². The first-order valence-electron chi connectivity index (χ1n) is 9.77. The van der Waals surface area contributed by atoms with E-state index in [-0.39, 0.29) is 36.1 Å². The minimum atomic E-state index is -3.10. The predicted octanol–water partition coefficient (Wildman–Crippen LogP) is 1.40. The monoisotopic (exact) mass is 392 g/mol. The third kappa shape index (κ3) is 3.99. The van der Waals surface area contributed by atoms with Gasteiger partial charge in [0.15, 0.2) is 16.4 Å². The fourth-order valence-corrected chi connectivity index (χ4v) is 6.31. The second kappa shape index (κ2) is 7.09. The molecule has 1 aromatic carbocycles. The van der Waals surface area contributed by atoms with E-state index in [9.17, 15) is 13.2 Å². The van der Waals surface area contributed by atoms with E-state index in [0.717, 1.165) is 24.2 Å². The van der Waals surface area contributed by atoms with E-state index in [1.807, 2.05) is 32.0 Å². The van der Waals surface area contributed by atoms with Crippen LogP contribution in [0.4, 0.5) is 0 Å². The summed E-state index contributed by atoms with van der Waals surface area (Å²) >= 11 is 0. The zero-order valence-electron chi connectivity index (χ0n) is 16.1. The topological polar surface area (TPSA) is 66.9 Å². The molecule has 7 heteroatoms. The van der Waals surface area contributed by atoms with Crippen molar-refractivity contribution in [3.8, 4) is 5.75 Å². The van der Waals surface area contributed by atoms with Gasteiger partial charge in [-0.2, -0.15) is 0 Å². The van der Waals surface area contributed by atoms with Gasteiger partial charge >= 0.3 is 0 Å². The molecule has 2 saturated heterocycles. The molecule has 3 fully saturated rings. The van der Waals surface area contributed by atoms with Crippen LogP contribution in [0.15, 0.2) is 18.2 Å². The van der Waals surface area contributed by atoms with Gasteiger partial charge in [-0.05, 0) is 49.8 Å². The lowest BCUT2D eigenvalue weighted by molar-refractivity contribution is -0.139. The second-order valence-electron chi connectivity index (χ2n) is 8.22. The summed E-state index contributed by atoms with van der Waals surface area (Å²) in [4.78, 5) is 16.9. The molecule has 27 heavy (non-hydrogen) atoms. The standard InChI is InChI=1S/C20H28N2O4S/c1-14-4-3-5-19(15(14)2)26-11-20(23)22-9-8-21(10-16-6-7-16)17-12-27(24,25)13-18(17)22/h3-5,16-18H,6-13H2,1-2H3. The highest BCUT2D eigenvalue weighted by Gasteiger charge is 2.48. The van der Waals surface area contributed by atoms with E-state index in [1.54, 1.807) is 4.90 Å². The average molecular weight is 393 g/mol. The van der Waals surface area contributed by atoms with Gasteiger partial charge in [0.05, 0.1) is 17.5 Å². The molecule has 2 unspecified atom stereocenters. The Morgan fingerprint density at radius 1 is 1.15 bits per heavy atom. The lowest BCUT2D eigenvalue weighted by Crippen LogP contribution is -2.61. The molecule has 0 radical (unpaired) electrons. The maximum atomic E-state index is 12.9. The van der Waals surface area contributed by atoms with Crippen LogP contribution in [0.1, 0.15) is 24.0 Å². The third-order valence-electron chi connectivity index (χ3n) is 6.21. The van der Waals surface area contributed by atoms with E-state index in [4.69, 9.17) is 4.74 Å². The summed E-state index contributed by atoms with van der Waals surface area (Å²) in [5, 5.41) is 0. The molecule has 6 nitrogen and oxygen atoms in total. The molecule has 0 bridgehead atoms. The van der Waals surface area contributed by atoms with Gasteiger partial charge in [-0.3, -0.25) is 9.69 Å². The Labute approximate surface area is 161 Å². The maximum Gasteiger partial charge on any atom is 0.260 e. The molecule has 0 aromatic heterocycles. The smallest absolute Gasteiger partial charge is 0.260 e. The van der Waals surface area contributed by atoms with Crippen LogP contribution in [0.3, 0.4) is 0 Å². The van der Waals surface area contributed by atoms with Crippen LogP contribution in [0.25, 0.3) is 0 Å². The van der Waals surface area contributed by atoms with Crippen molar-refractivity contribution in [1.29, 1.82) is 0 Å². The summed E-state index contributed by atoms with van der Waals surface area (Å²) in [6.45, 7) is 6.25. The zero-order valence-corrected chi connectivity index (χ0v) is 16.9. The minimum Gasteiger partial charge on any atom is -0.483 e. The predicted molar refractivity (Wildman–Crippen MR) is 104 cm³/mol. The molecule has 1 amide bonds. The van der Waals surface area contributed by atoms with E-state index in [0.29, 0.717) is 18.2 Å². The number of carbonyl (C=O) groups excluding carboxylic acids is 1. The van der Waals surface area contributed by atoms with Gasteiger partial charge in [-0.15, -0.1) is 0 Å². The van der Waals surface area contributed by atoms with Crippen LogP contribution in [-0.4, -0.2) is 74.0 Å². The Bertz CT molecular complexity index is 834. The summed E-state index contributed by atoms with van der Waals surface area (Å²) in [6, 6.07) is 5.49. The molecule has 0 N–H and O–H groups in total. The zero-order chi connectivity index (χ0) is 19.2. The molecule has 0 spiro atoms. The Kier molecular flexibility index (Phi) is 4.93. The third-order valence-corrected chi connectivity index (χ3v) is 7.91. The Balaban J connectivity index is 1.44. The van der Waals surface area contributed by atoms with Crippen molar-refractivity contribution in [3.05, 3.63) is 29.3 Å². The summed E-state index contributed by atoms with van der Waals surface area (Å²) in [7, 11) is -3.10. The van der Waals surface area contributed by atoms with Crippen LogP contribution >= 0.6 is 0 Å². The molecule has 2 heterocycles. The number of hydrogen-bond acceptors (Lipinski definition) is 5. The average Bonchev–Trinajstić information content (AvgIpc) is 3.36. The molecule has 1 aliphatic carbocycles. The molecule has 2 atom stereocenters. The number of rotatable bonds is 5. The molecule has 4 rings (SSSR count). The molecule has 148 valence electrons. The molecule has 1 saturated carbocycles. The van der Waals surface area contributed by atoms with Gasteiger partial charge in [0, 0.05) is 25.7 Å². The summed E-state index contributed by atoms with van der Waals surface area (Å²) in [5.41, 5.74) is 2.15. The van der Waals surface area contributed by atoms with Crippen LogP contribution in [-0.2, 0) is 14.6 Å². The van der Waals surface area contributed by atoms with Gasteiger partial charge < -0.3 is 9.64 Å². The van der Waals surface area contributed by atoms with E-state index >= 15 is 0 Å². The highest BCUT2D eigenvalue weighted by molar-refractivity contribution is 7.91. The minimum absolute atomic E-state index is 0.0455. The maximum absolute atomic E-state index is 12.9. The van der Waals surface area contributed by atoms with E-state index < -0.39 is 9.84 Å². The Morgan fingerprint density at radius 2 is 1.89 bits per heavy atom. The Morgan fingerprint density at radius 3 is 2.63 bits per heavy atom. The highest BCUT2D eigenvalue weighted by Crippen LogP contribution is 2.34. The SMILES string of the molecule is Cc1cccc(OCC(=O)N2CCN(CC3CC3)C3CS(=O)(=O)CC32)c1C. The van der Waals surface area contributed by atoms with Gasteiger partial charge in [-0.1, -0.05) is 12.1 Å². The van der Waals surface area contributed by atoms with Crippen molar-refractivity contribution < 1.29 is 17.9 Å². The molecule has 2 aliphatic heterocycles. The van der Waals surface area contributed by atoms with E-state index in [2.05, 4.69) is 4.90 Å². The van der Waals surface area contributed by atoms with Crippen molar-refractivity contribution in [2.45, 2.75) is 38.8 Å². The highest BCUT2D eigenvalue weighted by atomic mass is 32.2. The lowest BCUT2D eigenvalue weighted by Gasteiger charge is -2.44. The van der Waals surface area contributed by atoms with Crippen LogP contribution < -0.4 is 4.74 Å². The summed E-state index contributed by atoms with van der Waals surface area (Å²) in [5.74, 6) is 1.56. The second-order valence-corrected chi connectivity index (χ2v) is 10.4. The molecule has 3 aliphatic rings. The first-order valence-corrected chi connectivity index (χ1v) is 11.6. The number of carbonyl (C=O) groups is 1. The number of piperazine rings is 1. The summed E-state index contributed by atoms with van der Waals surface area (Å²) < 4.78 is 30.3. The molecule has 1 aromatic rings. The number of aryl methyl sites for hydroxylation is 1. The van der Waals surface area contributed by atoms with Crippen LogP contribution in [0, 0.1) is 19.8 Å². The first-order chi connectivity index (χ1) is 12.8. The largest absolute Gasteiger partial charge is 0.483 e. The fraction of sp³-hybridized carbons (Fsp3) is 0.650. The van der Waals surface area contributed by atoms with Crippen LogP contribution in [0.5, 0.6) is 5.75 Å². The van der Waals surface area contributed by atoms with Crippen molar-refractivity contribution in [3.63, 3.8) is 0 Å². The normalized spacial score (nSPS) is 27.4. The van der Waals surface area contributed by atoms with Gasteiger partial charge in [-0.25, -0.2) is 8.42 Å². The number of fused-ring (bicyclic) bond motifs is 1. The van der Waals surface area contributed by atoms with Crippen LogP contribution in [0.2, 0.25) is 0 Å². The molecular weight excluding hydrogens is 364 g/mol. The quantitative estimate of drug-likeness (QED) is 0.758. The number of ether oxygens (including phenoxy) is 1. The summed E-state index contributed by atoms with van der Waals surface area (Å²) in [6.07, 6.45) is 2.49. The van der Waals surface area contributed by atoms with Gasteiger partial charge in [0.1, 0.15) is 5.75 Å². The first kappa shape index (κ1) is 18.7. The Hall–Kier alpha value is -1.60.